The third kappa shape index (κ3) is 2.13. The molecule has 1 aromatic rings. The summed E-state index contributed by atoms with van der Waals surface area (Å²) in [6.45, 7) is 1.91. The van der Waals surface area contributed by atoms with Crippen molar-refractivity contribution in [1.82, 2.24) is 0 Å². The first-order chi connectivity index (χ1) is 6.19. The van der Waals surface area contributed by atoms with Crippen LogP contribution in [0, 0.1) is 18.3 Å². The molecule has 1 aromatic carbocycles. The summed E-state index contributed by atoms with van der Waals surface area (Å²) < 4.78 is 5.09. The van der Waals surface area contributed by atoms with E-state index in [1.807, 2.05) is 13.0 Å². The molecule has 1 rings (SSSR count). The molecule has 0 N–H and O–H groups in total. The maximum Gasteiger partial charge on any atom is 0.140 e. The minimum atomic E-state index is 0.380. The van der Waals surface area contributed by atoms with E-state index in [0.717, 1.165) is 11.1 Å². The third-order valence-electron chi connectivity index (χ3n) is 1.78. The first-order valence-electron chi connectivity index (χ1n) is 3.89. The molecule has 0 saturated carbocycles. The Morgan fingerprint density at radius 3 is 2.69 bits per heavy atom. The zero-order valence-corrected chi connectivity index (χ0v) is 8.35. The second-order valence-electron chi connectivity index (χ2n) is 2.76. The number of nitriles is 1. The molecule has 0 aliphatic carbocycles. The fourth-order valence-electron chi connectivity index (χ4n) is 1.25. The van der Waals surface area contributed by atoms with E-state index in [2.05, 4.69) is 6.07 Å². The average Bonchev–Trinajstić information content (AvgIpc) is 2.04. The molecule has 2 nitrogen and oxygen atoms in total. The van der Waals surface area contributed by atoms with Gasteiger partial charge < -0.3 is 4.74 Å². The van der Waals surface area contributed by atoms with Crippen LogP contribution in [0.5, 0.6) is 5.75 Å². The highest BCUT2D eigenvalue weighted by Gasteiger charge is 2.05. The van der Waals surface area contributed by atoms with Crippen LogP contribution < -0.4 is 4.74 Å². The van der Waals surface area contributed by atoms with Crippen LogP contribution in [-0.2, 0) is 6.42 Å². The predicted octanol–water partition coefficient (Wildman–Crippen LogP) is 2.72. The van der Waals surface area contributed by atoms with Crippen LogP contribution in [-0.4, -0.2) is 7.11 Å². The molecule has 3 heteroatoms. The third-order valence-corrected chi connectivity index (χ3v) is 2.06. The van der Waals surface area contributed by atoms with Crippen molar-refractivity contribution in [2.75, 3.05) is 7.11 Å². The number of nitrogens with zero attached hydrogens (tertiary/aromatic N) is 1. The topological polar surface area (TPSA) is 33.0 Å². The lowest BCUT2D eigenvalue weighted by Crippen LogP contribution is -1.91. The zero-order valence-electron chi connectivity index (χ0n) is 7.60. The van der Waals surface area contributed by atoms with Crippen molar-refractivity contribution in [2.45, 2.75) is 13.3 Å². The van der Waals surface area contributed by atoms with Gasteiger partial charge >= 0.3 is 0 Å². The van der Waals surface area contributed by atoms with E-state index in [9.17, 15) is 0 Å². The molecule has 0 heterocycles. The summed E-state index contributed by atoms with van der Waals surface area (Å²) in [6, 6.07) is 5.75. The van der Waals surface area contributed by atoms with E-state index in [4.69, 9.17) is 21.6 Å². The van der Waals surface area contributed by atoms with Gasteiger partial charge in [0.05, 0.1) is 24.6 Å². The number of benzene rings is 1. The summed E-state index contributed by atoms with van der Waals surface area (Å²) in [5.74, 6) is 0.684. The van der Waals surface area contributed by atoms with Crippen molar-refractivity contribution in [2.24, 2.45) is 0 Å². The number of aryl methyl sites for hydroxylation is 1. The van der Waals surface area contributed by atoms with E-state index in [1.54, 1.807) is 13.2 Å². The number of hydrogen-bond acceptors (Lipinski definition) is 2. The van der Waals surface area contributed by atoms with Gasteiger partial charge in [0.15, 0.2) is 0 Å². The summed E-state index contributed by atoms with van der Waals surface area (Å²) in [4.78, 5) is 0. The highest BCUT2D eigenvalue weighted by Crippen LogP contribution is 2.29. The highest BCUT2D eigenvalue weighted by molar-refractivity contribution is 6.32. The molecule has 0 radical (unpaired) electrons. The molecule has 0 saturated heterocycles. The fourth-order valence-corrected chi connectivity index (χ4v) is 1.62. The van der Waals surface area contributed by atoms with Gasteiger partial charge in [-0.3, -0.25) is 0 Å². The Hall–Kier alpha value is -1.20. The first kappa shape index (κ1) is 9.88. The fraction of sp³-hybridized carbons (Fsp3) is 0.300. The SMILES string of the molecule is COc1c(C)cc(CC#N)cc1Cl. The van der Waals surface area contributed by atoms with Gasteiger partial charge in [-0.15, -0.1) is 0 Å². The number of halogens is 1. The Labute approximate surface area is 82.7 Å². The number of methoxy groups -OCH3 is 1. The van der Waals surface area contributed by atoms with Crippen molar-refractivity contribution >= 4 is 11.6 Å². The van der Waals surface area contributed by atoms with Crippen LogP contribution in [0.15, 0.2) is 12.1 Å². The van der Waals surface area contributed by atoms with E-state index in [1.165, 1.54) is 0 Å². The van der Waals surface area contributed by atoms with Gasteiger partial charge in [-0.1, -0.05) is 17.7 Å². The minimum Gasteiger partial charge on any atom is -0.495 e. The van der Waals surface area contributed by atoms with Gasteiger partial charge in [-0.25, -0.2) is 0 Å². The van der Waals surface area contributed by atoms with Gasteiger partial charge in [0, 0.05) is 0 Å². The summed E-state index contributed by atoms with van der Waals surface area (Å²) in [5, 5.41) is 9.07. The Balaban J connectivity index is 3.14. The average molecular weight is 196 g/mol. The molecule has 0 bridgehead atoms. The van der Waals surface area contributed by atoms with Crippen LogP contribution in [0.1, 0.15) is 11.1 Å². The Bertz CT molecular complexity index is 331. The maximum absolute atomic E-state index is 8.50. The Morgan fingerprint density at radius 2 is 2.23 bits per heavy atom. The Kier molecular flexibility index (Phi) is 3.16. The van der Waals surface area contributed by atoms with Crippen LogP contribution in [0.4, 0.5) is 0 Å². The quantitative estimate of drug-likeness (QED) is 0.727. The summed E-state index contributed by atoms with van der Waals surface area (Å²) >= 11 is 5.94. The zero-order chi connectivity index (χ0) is 9.84. The smallest absolute Gasteiger partial charge is 0.140 e. The monoisotopic (exact) mass is 195 g/mol. The van der Waals surface area contributed by atoms with Crippen molar-refractivity contribution in [3.63, 3.8) is 0 Å². The lowest BCUT2D eigenvalue weighted by molar-refractivity contribution is 0.412. The standard InChI is InChI=1S/C10H10ClNO/c1-7-5-8(3-4-12)6-9(11)10(7)13-2/h5-6H,3H2,1-2H3. The molecule has 68 valence electrons. The molecule has 0 aliphatic heterocycles. The van der Waals surface area contributed by atoms with Gasteiger partial charge in [-0.2, -0.15) is 5.26 Å². The summed E-state index contributed by atoms with van der Waals surface area (Å²) in [7, 11) is 1.58. The van der Waals surface area contributed by atoms with Crippen LogP contribution in [0.3, 0.4) is 0 Å². The lowest BCUT2D eigenvalue weighted by atomic mass is 10.1. The number of hydrogen-bond donors (Lipinski definition) is 0. The van der Waals surface area contributed by atoms with Crippen molar-refractivity contribution in [3.8, 4) is 11.8 Å². The predicted molar refractivity (Wildman–Crippen MR) is 52.1 cm³/mol. The summed E-state index contributed by atoms with van der Waals surface area (Å²) in [6.07, 6.45) is 0.380. The molecule has 0 fully saturated rings. The van der Waals surface area contributed by atoms with E-state index >= 15 is 0 Å². The van der Waals surface area contributed by atoms with Gasteiger partial charge in [0.25, 0.3) is 0 Å². The molecule has 13 heavy (non-hydrogen) atoms. The van der Waals surface area contributed by atoms with E-state index in [-0.39, 0.29) is 0 Å². The van der Waals surface area contributed by atoms with E-state index < -0.39 is 0 Å². The second-order valence-corrected chi connectivity index (χ2v) is 3.17. The van der Waals surface area contributed by atoms with Gasteiger partial charge in [-0.05, 0) is 24.1 Å². The van der Waals surface area contributed by atoms with Crippen molar-refractivity contribution in [1.29, 1.82) is 5.26 Å². The second kappa shape index (κ2) is 4.15. The lowest BCUT2D eigenvalue weighted by Gasteiger charge is -2.07. The number of ether oxygens (including phenoxy) is 1. The van der Waals surface area contributed by atoms with Crippen molar-refractivity contribution < 1.29 is 4.74 Å². The van der Waals surface area contributed by atoms with Gasteiger partial charge in [0.1, 0.15) is 5.75 Å². The van der Waals surface area contributed by atoms with E-state index in [0.29, 0.717) is 17.2 Å². The Morgan fingerprint density at radius 1 is 1.54 bits per heavy atom. The molecular weight excluding hydrogens is 186 g/mol. The molecule has 0 unspecified atom stereocenters. The number of rotatable bonds is 2. The maximum atomic E-state index is 8.50. The van der Waals surface area contributed by atoms with Gasteiger partial charge in [0.2, 0.25) is 0 Å². The van der Waals surface area contributed by atoms with Crippen molar-refractivity contribution in [3.05, 3.63) is 28.3 Å². The normalized spacial score (nSPS) is 9.38. The van der Waals surface area contributed by atoms with Crippen LogP contribution >= 0.6 is 11.6 Å². The molecule has 0 spiro atoms. The molecule has 0 amide bonds. The summed E-state index contributed by atoms with van der Waals surface area (Å²) in [5.41, 5.74) is 1.88. The van der Waals surface area contributed by atoms with Crippen LogP contribution in [0.2, 0.25) is 5.02 Å². The molecule has 0 atom stereocenters. The first-order valence-corrected chi connectivity index (χ1v) is 4.26. The molecule has 0 aliphatic rings. The molecular formula is C10H10ClNO. The van der Waals surface area contributed by atoms with Crippen LogP contribution in [0.25, 0.3) is 0 Å². The highest BCUT2D eigenvalue weighted by atomic mass is 35.5. The largest absolute Gasteiger partial charge is 0.495 e. The minimum absolute atomic E-state index is 0.380. The molecule has 0 aromatic heterocycles.